The topological polar surface area (TPSA) is 105 Å². The Bertz CT molecular complexity index is 1600. The van der Waals surface area contributed by atoms with Crippen LogP contribution in [0.2, 0.25) is 0 Å². The van der Waals surface area contributed by atoms with Crippen LogP contribution in [0.3, 0.4) is 0 Å². The molecule has 43 heavy (non-hydrogen) atoms. The highest BCUT2D eigenvalue weighted by atomic mass is 16.5. The number of carbonyl (C=O) groups is 4. The summed E-state index contributed by atoms with van der Waals surface area (Å²) < 4.78 is 21.6. The second kappa shape index (κ2) is 15.1. The summed E-state index contributed by atoms with van der Waals surface area (Å²) in [7, 11) is 0. The van der Waals surface area contributed by atoms with Gasteiger partial charge in [-0.2, -0.15) is 0 Å². The van der Waals surface area contributed by atoms with Crippen molar-refractivity contribution in [3.8, 4) is 23.0 Å². The van der Waals surface area contributed by atoms with E-state index in [1.807, 2.05) is 6.92 Å². The highest BCUT2D eigenvalue weighted by Gasteiger charge is 2.13. The average Bonchev–Trinajstić information content (AvgIpc) is 3.01. The molecule has 4 aromatic rings. The van der Waals surface area contributed by atoms with E-state index in [1.54, 1.807) is 66.7 Å². The Morgan fingerprint density at radius 1 is 0.581 bits per heavy atom. The Hall–Kier alpha value is -5.24. The molecule has 0 aliphatic rings. The van der Waals surface area contributed by atoms with Gasteiger partial charge in [-0.3, -0.25) is 9.59 Å². The Morgan fingerprint density at radius 3 is 1.42 bits per heavy atom. The molecule has 0 spiro atoms. The predicted molar refractivity (Wildman–Crippen MR) is 162 cm³/mol. The number of fused-ring (bicyclic) bond motifs is 1. The molecule has 8 nitrogen and oxygen atoms in total. The minimum Gasteiger partial charge on any atom is -0.427 e. The quantitative estimate of drug-likeness (QED) is 0.0688. The monoisotopic (exact) mass is 580 g/mol. The number of unbranched alkanes of at least 4 members (excludes halogenated alkanes) is 2. The first kappa shape index (κ1) is 30.7. The summed E-state index contributed by atoms with van der Waals surface area (Å²) in [5, 5.41) is 1.55. The second-order valence-electron chi connectivity index (χ2n) is 9.73. The zero-order valence-electron chi connectivity index (χ0n) is 23.9. The fraction of sp³-hybridized carbons (Fsp3) is 0.200. The first-order chi connectivity index (χ1) is 20.8. The molecule has 0 unspecified atom stereocenters. The third kappa shape index (κ3) is 9.13. The maximum atomic E-state index is 12.7. The summed E-state index contributed by atoms with van der Waals surface area (Å²) >= 11 is 0. The molecule has 0 saturated heterocycles. The SMILES string of the molecule is C=CCCCC(=O)Oc1ccc(C(=O)Oc2ccc3cc(OC(=O)c4ccc(OC(=O)CCCC)cc4)ccc3c2)cc1. The minimum absolute atomic E-state index is 0.286. The van der Waals surface area contributed by atoms with Crippen LogP contribution in [-0.2, 0) is 9.59 Å². The highest BCUT2D eigenvalue weighted by Crippen LogP contribution is 2.27. The molecule has 0 radical (unpaired) electrons. The number of hydrogen-bond acceptors (Lipinski definition) is 8. The third-order valence-corrected chi connectivity index (χ3v) is 6.37. The molecule has 0 aliphatic carbocycles. The van der Waals surface area contributed by atoms with Crippen molar-refractivity contribution in [2.24, 2.45) is 0 Å². The van der Waals surface area contributed by atoms with Crippen LogP contribution in [0.25, 0.3) is 10.8 Å². The van der Waals surface area contributed by atoms with Crippen LogP contribution in [0, 0.1) is 0 Å². The van der Waals surface area contributed by atoms with Crippen molar-refractivity contribution in [1.82, 2.24) is 0 Å². The van der Waals surface area contributed by atoms with Crippen molar-refractivity contribution in [2.75, 3.05) is 0 Å². The van der Waals surface area contributed by atoms with Gasteiger partial charge in [-0.15, -0.1) is 6.58 Å². The molecular weight excluding hydrogens is 548 g/mol. The lowest BCUT2D eigenvalue weighted by molar-refractivity contribution is -0.135. The summed E-state index contributed by atoms with van der Waals surface area (Å²) in [4.78, 5) is 49.0. The molecule has 0 atom stereocenters. The van der Waals surface area contributed by atoms with Gasteiger partial charge in [0.05, 0.1) is 11.1 Å². The lowest BCUT2D eigenvalue weighted by Crippen LogP contribution is -2.10. The Kier molecular flexibility index (Phi) is 10.8. The van der Waals surface area contributed by atoms with Gasteiger partial charge in [-0.1, -0.05) is 31.6 Å². The van der Waals surface area contributed by atoms with E-state index in [0.717, 1.165) is 30.0 Å². The fourth-order valence-electron chi connectivity index (χ4n) is 4.06. The van der Waals surface area contributed by atoms with Crippen molar-refractivity contribution < 1.29 is 38.1 Å². The molecule has 0 aromatic heterocycles. The van der Waals surface area contributed by atoms with Gasteiger partial charge in [0.1, 0.15) is 23.0 Å². The molecule has 0 aliphatic heterocycles. The van der Waals surface area contributed by atoms with Crippen molar-refractivity contribution in [1.29, 1.82) is 0 Å². The summed E-state index contributed by atoms with van der Waals surface area (Å²) in [6, 6.07) is 22.6. The normalized spacial score (nSPS) is 10.5. The van der Waals surface area contributed by atoms with E-state index in [0.29, 0.717) is 47.0 Å². The zero-order valence-corrected chi connectivity index (χ0v) is 23.9. The minimum atomic E-state index is -0.560. The molecule has 0 fully saturated rings. The van der Waals surface area contributed by atoms with E-state index >= 15 is 0 Å². The number of ether oxygens (including phenoxy) is 4. The molecule has 0 bridgehead atoms. The van der Waals surface area contributed by atoms with Crippen molar-refractivity contribution in [3.05, 3.63) is 109 Å². The Morgan fingerprint density at radius 2 is 1.00 bits per heavy atom. The molecule has 4 rings (SSSR count). The molecule has 8 heteroatoms. The van der Waals surface area contributed by atoms with E-state index in [1.165, 1.54) is 24.3 Å². The number of esters is 4. The van der Waals surface area contributed by atoms with Crippen molar-refractivity contribution in [3.63, 3.8) is 0 Å². The van der Waals surface area contributed by atoms with E-state index in [4.69, 9.17) is 18.9 Å². The van der Waals surface area contributed by atoms with Gasteiger partial charge in [-0.25, -0.2) is 9.59 Å². The van der Waals surface area contributed by atoms with Crippen LogP contribution >= 0.6 is 0 Å². The van der Waals surface area contributed by atoms with Gasteiger partial charge in [0, 0.05) is 12.8 Å². The average molecular weight is 581 g/mol. The summed E-state index contributed by atoms with van der Waals surface area (Å²) in [6.07, 6.45) is 5.44. The predicted octanol–water partition coefficient (Wildman–Crippen LogP) is 7.64. The highest BCUT2D eigenvalue weighted by molar-refractivity contribution is 5.94. The molecule has 0 amide bonds. The van der Waals surface area contributed by atoms with Gasteiger partial charge in [0.2, 0.25) is 0 Å². The maximum absolute atomic E-state index is 12.7. The van der Waals surface area contributed by atoms with E-state index < -0.39 is 11.9 Å². The molecule has 220 valence electrons. The van der Waals surface area contributed by atoms with Crippen LogP contribution in [0.5, 0.6) is 23.0 Å². The van der Waals surface area contributed by atoms with Gasteiger partial charge >= 0.3 is 23.9 Å². The third-order valence-electron chi connectivity index (χ3n) is 6.37. The summed E-state index contributed by atoms with van der Waals surface area (Å²) in [6.45, 7) is 5.62. The second-order valence-corrected chi connectivity index (χ2v) is 9.73. The van der Waals surface area contributed by atoms with E-state index in [9.17, 15) is 19.2 Å². The van der Waals surface area contributed by atoms with Crippen molar-refractivity contribution in [2.45, 2.75) is 45.4 Å². The molecular formula is C35H32O8. The fourth-order valence-corrected chi connectivity index (χ4v) is 4.06. The lowest BCUT2D eigenvalue weighted by atomic mass is 10.1. The van der Waals surface area contributed by atoms with Gasteiger partial charge in [-0.05, 0) is 103 Å². The van der Waals surface area contributed by atoms with Gasteiger partial charge in [0.25, 0.3) is 0 Å². The van der Waals surface area contributed by atoms with Crippen LogP contribution in [-0.4, -0.2) is 23.9 Å². The Labute approximate surface area is 249 Å². The van der Waals surface area contributed by atoms with Crippen LogP contribution in [0.15, 0.2) is 97.6 Å². The number of rotatable bonds is 13. The van der Waals surface area contributed by atoms with E-state index in [2.05, 4.69) is 6.58 Å². The van der Waals surface area contributed by atoms with Gasteiger partial charge in [0.15, 0.2) is 0 Å². The number of hydrogen-bond donors (Lipinski definition) is 0. The number of carbonyl (C=O) groups excluding carboxylic acids is 4. The van der Waals surface area contributed by atoms with E-state index in [-0.39, 0.29) is 18.4 Å². The molecule has 0 saturated carbocycles. The summed E-state index contributed by atoms with van der Waals surface area (Å²) in [5.41, 5.74) is 0.613. The lowest BCUT2D eigenvalue weighted by Gasteiger charge is -2.09. The first-order valence-electron chi connectivity index (χ1n) is 14.0. The summed E-state index contributed by atoms with van der Waals surface area (Å²) in [5.74, 6) is -0.361. The number of benzene rings is 4. The number of allylic oxidation sites excluding steroid dienone is 1. The zero-order chi connectivity index (χ0) is 30.6. The van der Waals surface area contributed by atoms with Crippen LogP contribution < -0.4 is 18.9 Å². The molecule has 0 heterocycles. The van der Waals surface area contributed by atoms with Crippen LogP contribution in [0.1, 0.15) is 66.2 Å². The molecule has 0 N–H and O–H groups in total. The molecule has 4 aromatic carbocycles. The smallest absolute Gasteiger partial charge is 0.343 e. The van der Waals surface area contributed by atoms with Crippen LogP contribution in [0.4, 0.5) is 0 Å². The maximum Gasteiger partial charge on any atom is 0.343 e. The Balaban J connectivity index is 1.32. The van der Waals surface area contributed by atoms with Crippen molar-refractivity contribution >= 4 is 34.6 Å². The first-order valence-corrected chi connectivity index (χ1v) is 14.0. The standard InChI is InChI=1S/C35H32O8/c1-3-5-7-9-33(37)41-29-18-12-25(13-19-29)35(39)43-31-21-15-26-22-30(20-14-27(26)23-31)42-34(38)24-10-16-28(17-11-24)40-32(36)8-6-4-2/h3,10-23H,1,4-9H2,2H3. The van der Waals surface area contributed by atoms with Gasteiger partial charge < -0.3 is 18.9 Å². The largest absolute Gasteiger partial charge is 0.427 e.